The van der Waals surface area contributed by atoms with Gasteiger partial charge in [0.25, 0.3) is 0 Å². The molecule has 0 amide bonds. The second-order valence-corrected chi connectivity index (χ2v) is 8.38. The number of nitrogens with zero attached hydrogens (tertiary/aromatic N) is 3. The van der Waals surface area contributed by atoms with E-state index in [0.29, 0.717) is 24.0 Å². The Labute approximate surface area is 179 Å². The lowest BCUT2D eigenvalue weighted by atomic mass is 9.63. The summed E-state index contributed by atoms with van der Waals surface area (Å²) in [5.41, 5.74) is 16.3. The number of fused-ring (bicyclic) bond motifs is 3. The molecule has 0 saturated carbocycles. The quantitative estimate of drug-likeness (QED) is 0.582. The minimum absolute atomic E-state index is 0. The molecule has 1 fully saturated rings. The van der Waals surface area contributed by atoms with E-state index in [2.05, 4.69) is 45.6 Å². The predicted octanol–water partition coefficient (Wildman–Crippen LogP) is 3.79. The monoisotopic (exact) mass is 423 g/mol. The Balaban J connectivity index is 0.00000112. The third-order valence-electron chi connectivity index (χ3n) is 7.23. The first-order valence-electron chi connectivity index (χ1n) is 10.1. The number of hydrogen-bond acceptors (Lipinski definition) is 2. The fourth-order valence-electron chi connectivity index (χ4n) is 6.20. The molecule has 1 saturated heterocycles. The van der Waals surface area contributed by atoms with Crippen molar-refractivity contribution in [1.82, 2.24) is 9.47 Å². The van der Waals surface area contributed by atoms with Crippen molar-refractivity contribution in [3.05, 3.63) is 35.5 Å². The van der Waals surface area contributed by atoms with E-state index in [1.807, 2.05) is 0 Å². The van der Waals surface area contributed by atoms with Crippen LogP contribution in [0.4, 0.5) is 0 Å². The number of aromatic nitrogens is 1. The van der Waals surface area contributed by atoms with Gasteiger partial charge in [0.15, 0.2) is 5.96 Å². The molecule has 0 spiro atoms. The normalized spacial score (nSPS) is 28.0. The number of hydrogen-bond donors (Lipinski definition) is 2. The van der Waals surface area contributed by atoms with Crippen LogP contribution in [-0.2, 0) is 6.42 Å². The van der Waals surface area contributed by atoms with Crippen LogP contribution in [0.2, 0.25) is 0 Å². The Morgan fingerprint density at radius 2 is 2.00 bits per heavy atom. The molecule has 2 aromatic rings. The van der Waals surface area contributed by atoms with Gasteiger partial charge in [-0.15, -0.1) is 24.8 Å². The summed E-state index contributed by atoms with van der Waals surface area (Å²) in [6.07, 6.45) is 6.20. The van der Waals surface area contributed by atoms with Crippen LogP contribution in [0.1, 0.15) is 55.9 Å². The van der Waals surface area contributed by atoms with Gasteiger partial charge >= 0.3 is 0 Å². The van der Waals surface area contributed by atoms with E-state index < -0.39 is 0 Å². The Hall–Kier alpha value is -1.43. The zero-order valence-corrected chi connectivity index (χ0v) is 18.1. The van der Waals surface area contributed by atoms with Gasteiger partial charge < -0.3 is 16.0 Å². The maximum absolute atomic E-state index is 5.69. The molecule has 0 aliphatic carbocycles. The van der Waals surface area contributed by atoms with Gasteiger partial charge in [-0.2, -0.15) is 0 Å². The fraction of sp³-hybridized carbons (Fsp3) is 0.571. The molecule has 0 bridgehead atoms. The van der Waals surface area contributed by atoms with E-state index in [4.69, 9.17) is 11.5 Å². The first-order chi connectivity index (χ1) is 12.6. The Bertz CT molecular complexity index is 888. The number of para-hydroxylation sites is 1. The SMILES string of the molecule is CC[C@]12CCCN3CCc4c(n(c5ccccc45)C(CN=C(N)N)C1)[C@@H]32.Cl.Cl. The van der Waals surface area contributed by atoms with Crippen LogP contribution in [0.5, 0.6) is 0 Å². The molecule has 1 unspecified atom stereocenters. The van der Waals surface area contributed by atoms with Crippen LogP contribution in [0.25, 0.3) is 10.9 Å². The first kappa shape index (κ1) is 21.3. The highest BCUT2D eigenvalue weighted by Crippen LogP contribution is 2.59. The van der Waals surface area contributed by atoms with Crippen LogP contribution in [0.3, 0.4) is 0 Å². The predicted molar refractivity (Wildman–Crippen MR) is 121 cm³/mol. The average molecular weight is 424 g/mol. The minimum Gasteiger partial charge on any atom is -0.370 e. The molecule has 154 valence electrons. The van der Waals surface area contributed by atoms with Crippen LogP contribution in [0, 0.1) is 5.41 Å². The van der Waals surface area contributed by atoms with E-state index in [1.54, 1.807) is 11.3 Å². The summed E-state index contributed by atoms with van der Waals surface area (Å²) in [4.78, 5) is 7.21. The van der Waals surface area contributed by atoms with Gasteiger partial charge in [0.1, 0.15) is 0 Å². The summed E-state index contributed by atoms with van der Waals surface area (Å²) in [5, 5.41) is 1.44. The highest BCUT2D eigenvalue weighted by molar-refractivity contribution is 5.87. The molecular weight excluding hydrogens is 393 g/mol. The number of aliphatic imine (C=N–C) groups is 1. The molecule has 3 aliphatic rings. The molecule has 3 aliphatic heterocycles. The lowest BCUT2D eigenvalue weighted by Crippen LogP contribution is -2.53. The zero-order valence-electron chi connectivity index (χ0n) is 16.4. The number of rotatable bonds is 3. The molecule has 5 nitrogen and oxygen atoms in total. The smallest absolute Gasteiger partial charge is 0.185 e. The van der Waals surface area contributed by atoms with Crippen molar-refractivity contribution in [3.8, 4) is 0 Å². The molecule has 0 radical (unpaired) electrons. The van der Waals surface area contributed by atoms with E-state index >= 15 is 0 Å². The van der Waals surface area contributed by atoms with E-state index in [-0.39, 0.29) is 30.8 Å². The maximum atomic E-state index is 5.69. The number of halogens is 2. The summed E-state index contributed by atoms with van der Waals surface area (Å²) in [7, 11) is 0. The van der Waals surface area contributed by atoms with Crippen molar-refractivity contribution in [2.24, 2.45) is 21.9 Å². The molecule has 4 heterocycles. The first-order valence-corrected chi connectivity index (χ1v) is 10.1. The second kappa shape index (κ2) is 7.77. The van der Waals surface area contributed by atoms with Gasteiger partial charge in [0.05, 0.1) is 18.6 Å². The molecule has 5 rings (SSSR count). The van der Waals surface area contributed by atoms with Gasteiger partial charge in [0.2, 0.25) is 0 Å². The summed E-state index contributed by atoms with van der Waals surface area (Å²) < 4.78 is 2.60. The molecular formula is C21H31Cl2N5. The molecule has 28 heavy (non-hydrogen) atoms. The lowest BCUT2D eigenvalue weighted by Gasteiger charge is -2.56. The Morgan fingerprint density at radius 3 is 2.75 bits per heavy atom. The number of nitrogens with two attached hydrogens (primary N) is 2. The molecule has 3 atom stereocenters. The third kappa shape index (κ3) is 2.90. The average Bonchev–Trinajstić information content (AvgIpc) is 3.00. The van der Waals surface area contributed by atoms with Crippen LogP contribution in [-0.4, -0.2) is 35.1 Å². The van der Waals surface area contributed by atoms with E-state index in [0.717, 1.165) is 6.42 Å². The Kier molecular flexibility index (Phi) is 5.91. The number of guanidine groups is 1. The van der Waals surface area contributed by atoms with Crippen molar-refractivity contribution in [2.75, 3.05) is 19.6 Å². The van der Waals surface area contributed by atoms with Crippen molar-refractivity contribution >= 4 is 41.7 Å². The van der Waals surface area contributed by atoms with Gasteiger partial charge in [0, 0.05) is 23.1 Å². The lowest BCUT2D eigenvalue weighted by molar-refractivity contribution is -0.0346. The third-order valence-corrected chi connectivity index (χ3v) is 7.23. The van der Waals surface area contributed by atoms with Crippen molar-refractivity contribution in [2.45, 2.75) is 51.1 Å². The summed E-state index contributed by atoms with van der Waals surface area (Å²) >= 11 is 0. The van der Waals surface area contributed by atoms with E-state index in [9.17, 15) is 0 Å². The van der Waals surface area contributed by atoms with Crippen LogP contribution in [0.15, 0.2) is 29.3 Å². The molecule has 1 aromatic carbocycles. The van der Waals surface area contributed by atoms with Crippen molar-refractivity contribution in [1.29, 1.82) is 0 Å². The maximum Gasteiger partial charge on any atom is 0.185 e. The van der Waals surface area contributed by atoms with Gasteiger partial charge in [-0.05, 0) is 55.7 Å². The summed E-state index contributed by atoms with van der Waals surface area (Å²) in [6.45, 7) is 5.51. The van der Waals surface area contributed by atoms with Crippen molar-refractivity contribution < 1.29 is 0 Å². The topological polar surface area (TPSA) is 72.6 Å². The molecule has 1 aromatic heterocycles. The largest absolute Gasteiger partial charge is 0.370 e. The van der Waals surface area contributed by atoms with Gasteiger partial charge in [-0.1, -0.05) is 25.1 Å². The fourth-order valence-corrected chi connectivity index (χ4v) is 6.20. The highest BCUT2D eigenvalue weighted by atomic mass is 35.5. The van der Waals surface area contributed by atoms with Crippen molar-refractivity contribution in [3.63, 3.8) is 0 Å². The highest BCUT2D eigenvalue weighted by Gasteiger charge is 2.52. The van der Waals surface area contributed by atoms with Crippen LogP contribution < -0.4 is 11.5 Å². The second-order valence-electron chi connectivity index (χ2n) is 8.38. The number of piperidine rings is 1. The molecule has 7 heteroatoms. The molecule has 4 N–H and O–H groups in total. The van der Waals surface area contributed by atoms with Gasteiger partial charge in [-0.25, -0.2) is 0 Å². The van der Waals surface area contributed by atoms with Crippen LogP contribution >= 0.6 is 24.8 Å². The minimum atomic E-state index is 0. The Morgan fingerprint density at radius 1 is 1.21 bits per heavy atom. The summed E-state index contributed by atoms with van der Waals surface area (Å²) in [5.74, 6) is 0.202. The van der Waals surface area contributed by atoms with Gasteiger partial charge in [-0.3, -0.25) is 9.89 Å². The summed E-state index contributed by atoms with van der Waals surface area (Å²) in [6, 6.07) is 9.83. The zero-order chi connectivity index (χ0) is 17.9. The van der Waals surface area contributed by atoms with E-state index in [1.165, 1.54) is 49.7 Å². The number of benzene rings is 1. The standard InChI is InChI=1S/C21H29N5.2ClH/c1-2-21-9-5-10-25-11-8-16-15-6-3-4-7-17(15)26(18(16)19(21)25)14(12-21)13-24-20(22)23;;/h3-4,6-7,14,19H,2,5,8-13H2,1H3,(H4,22,23,24);2*1H/t14?,19-,21+;;/m1../s1.